The Bertz CT molecular complexity index is 863. The molecule has 0 spiro atoms. The quantitative estimate of drug-likeness (QED) is 0.845. The van der Waals surface area contributed by atoms with Gasteiger partial charge in [-0.1, -0.05) is 6.92 Å². The number of carbonyl (C=O) groups excluding carboxylic acids is 2. The summed E-state index contributed by atoms with van der Waals surface area (Å²) >= 11 is 0. The van der Waals surface area contributed by atoms with E-state index in [0.29, 0.717) is 42.1 Å². The van der Waals surface area contributed by atoms with Gasteiger partial charge in [-0.05, 0) is 54.8 Å². The zero-order valence-electron chi connectivity index (χ0n) is 15.9. The Morgan fingerprint density at radius 2 is 1.85 bits per heavy atom. The molecular weight excluding hydrogens is 344 g/mol. The standard InChI is InChI=1S/C21H24N2O4/c1-4-11-23-17-8-7-16(12-14(17)6-10-20(23)24)22-21(25)15-5-9-18(26-2)19(13-15)27-3/h5,7-9,12-13H,4,6,10-11H2,1-3H3,(H,22,25). The van der Waals surface area contributed by atoms with Gasteiger partial charge in [0.05, 0.1) is 14.2 Å². The number of nitrogens with zero attached hydrogens (tertiary/aromatic N) is 1. The number of anilines is 2. The van der Waals surface area contributed by atoms with Gasteiger partial charge in [-0.3, -0.25) is 9.59 Å². The van der Waals surface area contributed by atoms with Crippen molar-refractivity contribution in [3.8, 4) is 11.5 Å². The molecule has 0 atom stereocenters. The lowest BCUT2D eigenvalue weighted by molar-refractivity contribution is -0.118. The Morgan fingerprint density at radius 1 is 1.07 bits per heavy atom. The second-order valence-electron chi connectivity index (χ2n) is 6.41. The van der Waals surface area contributed by atoms with Crippen LogP contribution in [-0.4, -0.2) is 32.6 Å². The Balaban J connectivity index is 1.80. The van der Waals surface area contributed by atoms with Crippen molar-refractivity contribution < 1.29 is 19.1 Å². The highest BCUT2D eigenvalue weighted by Crippen LogP contribution is 2.31. The van der Waals surface area contributed by atoms with Crippen LogP contribution in [0.5, 0.6) is 11.5 Å². The fraction of sp³-hybridized carbons (Fsp3) is 0.333. The van der Waals surface area contributed by atoms with Crippen LogP contribution >= 0.6 is 0 Å². The van der Waals surface area contributed by atoms with Crippen molar-refractivity contribution >= 4 is 23.2 Å². The van der Waals surface area contributed by atoms with Crippen LogP contribution in [0.2, 0.25) is 0 Å². The highest BCUT2D eigenvalue weighted by Gasteiger charge is 2.23. The average molecular weight is 368 g/mol. The maximum absolute atomic E-state index is 12.6. The van der Waals surface area contributed by atoms with Crippen LogP contribution in [0.25, 0.3) is 0 Å². The predicted octanol–water partition coefficient (Wildman–Crippen LogP) is 3.65. The van der Waals surface area contributed by atoms with Gasteiger partial charge in [-0.25, -0.2) is 0 Å². The van der Waals surface area contributed by atoms with Gasteiger partial charge in [-0.2, -0.15) is 0 Å². The minimum Gasteiger partial charge on any atom is -0.493 e. The lowest BCUT2D eigenvalue weighted by atomic mass is 10.00. The van der Waals surface area contributed by atoms with Crippen LogP contribution < -0.4 is 19.7 Å². The first kappa shape index (κ1) is 18.8. The average Bonchev–Trinajstić information content (AvgIpc) is 2.69. The summed E-state index contributed by atoms with van der Waals surface area (Å²) in [5, 5.41) is 2.92. The topological polar surface area (TPSA) is 67.9 Å². The van der Waals surface area contributed by atoms with Crippen molar-refractivity contribution in [3.05, 3.63) is 47.5 Å². The fourth-order valence-corrected chi connectivity index (χ4v) is 3.29. The summed E-state index contributed by atoms with van der Waals surface area (Å²) in [6.45, 7) is 2.77. The number of amides is 2. The van der Waals surface area contributed by atoms with E-state index < -0.39 is 0 Å². The molecule has 0 fully saturated rings. The molecule has 6 heteroatoms. The third-order valence-corrected chi connectivity index (χ3v) is 4.63. The van der Waals surface area contributed by atoms with Gasteiger partial charge in [0.25, 0.3) is 5.91 Å². The van der Waals surface area contributed by atoms with Gasteiger partial charge >= 0.3 is 0 Å². The molecule has 142 valence electrons. The SMILES string of the molecule is CCCN1C(=O)CCc2cc(NC(=O)c3ccc(OC)c(OC)c3)ccc21. The summed E-state index contributed by atoms with van der Waals surface area (Å²) in [6.07, 6.45) is 2.09. The minimum atomic E-state index is -0.229. The molecule has 0 saturated carbocycles. The van der Waals surface area contributed by atoms with E-state index in [1.807, 2.05) is 23.1 Å². The van der Waals surface area contributed by atoms with Crippen molar-refractivity contribution in [1.82, 2.24) is 0 Å². The smallest absolute Gasteiger partial charge is 0.255 e. The van der Waals surface area contributed by atoms with Crippen LogP contribution in [0.3, 0.4) is 0 Å². The predicted molar refractivity (Wildman–Crippen MR) is 105 cm³/mol. The molecule has 2 amide bonds. The van der Waals surface area contributed by atoms with Crippen molar-refractivity contribution in [2.45, 2.75) is 26.2 Å². The van der Waals surface area contributed by atoms with Crippen LogP contribution in [0, 0.1) is 0 Å². The first-order valence-electron chi connectivity index (χ1n) is 9.04. The maximum Gasteiger partial charge on any atom is 0.255 e. The number of nitrogens with one attached hydrogen (secondary N) is 1. The Labute approximate surface area is 159 Å². The Kier molecular flexibility index (Phi) is 5.64. The fourth-order valence-electron chi connectivity index (χ4n) is 3.29. The van der Waals surface area contributed by atoms with Gasteiger partial charge in [-0.15, -0.1) is 0 Å². The molecular formula is C21H24N2O4. The number of methoxy groups -OCH3 is 2. The van der Waals surface area contributed by atoms with E-state index in [-0.39, 0.29) is 11.8 Å². The van der Waals surface area contributed by atoms with Crippen molar-refractivity contribution in [1.29, 1.82) is 0 Å². The molecule has 3 rings (SSSR count). The molecule has 0 saturated heterocycles. The second-order valence-corrected chi connectivity index (χ2v) is 6.41. The third-order valence-electron chi connectivity index (χ3n) is 4.63. The van der Waals surface area contributed by atoms with Gasteiger partial charge < -0.3 is 19.7 Å². The monoisotopic (exact) mass is 368 g/mol. The summed E-state index contributed by atoms with van der Waals surface area (Å²) in [6, 6.07) is 10.7. The first-order chi connectivity index (χ1) is 13.1. The molecule has 2 aromatic rings. The number of benzene rings is 2. The number of hydrogen-bond donors (Lipinski definition) is 1. The number of ether oxygens (including phenoxy) is 2. The van der Waals surface area contributed by atoms with E-state index in [1.54, 1.807) is 25.3 Å². The van der Waals surface area contributed by atoms with E-state index in [9.17, 15) is 9.59 Å². The molecule has 2 aromatic carbocycles. The molecule has 0 bridgehead atoms. The van der Waals surface area contributed by atoms with Crippen LogP contribution in [0.15, 0.2) is 36.4 Å². The van der Waals surface area contributed by atoms with Gasteiger partial charge in [0.2, 0.25) is 5.91 Å². The highest BCUT2D eigenvalue weighted by molar-refractivity contribution is 6.05. The first-order valence-corrected chi connectivity index (χ1v) is 9.04. The third kappa shape index (κ3) is 3.89. The molecule has 1 aliphatic heterocycles. The summed E-state index contributed by atoms with van der Waals surface area (Å²) in [4.78, 5) is 26.6. The number of aryl methyl sites for hydroxylation is 1. The molecule has 0 unspecified atom stereocenters. The van der Waals surface area contributed by atoms with Crippen molar-refractivity contribution in [3.63, 3.8) is 0 Å². The summed E-state index contributed by atoms with van der Waals surface area (Å²) in [5.41, 5.74) is 3.21. The largest absolute Gasteiger partial charge is 0.493 e. The van der Waals surface area contributed by atoms with Gasteiger partial charge in [0.1, 0.15) is 0 Å². The van der Waals surface area contributed by atoms with Gasteiger partial charge in [0, 0.05) is 29.9 Å². The molecule has 1 aliphatic rings. The van der Waals surface area contributed by atoms with E-state index in [4.69, 9.17) is 9.47 Å². The lowest BCUT2D eigenvalue weighted by Crippen LogP contribution is -2.35. The molecule has 6 nitrogen and oxygen atoms in total. The van der Waals surface area contributed by atoms with E-state index >= 15 is 0 Å². The zero-order chi connectivity index (χ0) is 19.4. The molecule has 0 aliphatic carbocycles. The Morgan fingerprint density at radius 3 is 2.56 bits per heavy atom. The van der Waals surface area contributed by atoms with E-state index in [2.05, 4.69) is 12.2 Å². The van der Waals surface area contributed by atoms with Crippen molar-refractivity contribution in [2.75, 3.05) is 31.0 Å². The second kappa shape index (κ2) is 8.12. The minimum absolute atomic E-state index is 0.159. The summed E-state index contributed by atoms with van der Waals surface area (Å²) in [7, 11) is 3.09. The summed E-state index contributed by atoms with van der Waals surface area (Å²) < 4.78 is 10.5. The lowest BCUT2D eigenvalue weighted by Gasteiger charge is -2.29. The highest BCUT2D eigenvalue weighted by atomic mass is 16.5. The van der Waals surface area contributed by atoms with E-state index in [0.717, 1.165) is 17.7 Å². The van der Waals surface area contributed by atoms with Crippen LogP contribution in [0.1, 0.15) is 35.7 Å². The maximum atomic E-state index is 12.6. The molecule has 27 heavy (non-hydrogen) atoms. The van der Waals surface area contributed by atoms with Gasteiger partial charge in [0.15, 0.2) is 11.5 Å². The number of rotatable bonds is 6. The molecule has 1 heterocycles. The Hall–Kier alpha value is -3.02. The number of carbonyl (C=O) groups is 2. The van der Waals surface area contributed by atoms with Crippen LogP contribution in [-0.2, 0) is 11.2 Å². The molecule has 0 radical (unpaired) electrons. The molecule has 0 aromatic heterocycles. The molecule has 1 N–H and O–H groups in total. The number of fused-ring (bicyclic) bond motifs is 1. The normalized spacial score (nSPS) is 13.1. The van der Waals surface area contributed by atoms with E-state index in [1.165, 1.54) is 7.11 Å². The van der Waals surface area contributed by atoms with Crippen molar-refractivity contribution in [2.24, 2.45) is 0 Å². The van der Waals surface area contributed by atoms with Crippen LogP contribution in [0.4, 0.5) is 11.4 Å². The zero-order valence-corrected chi connectivity index (χ0v) is 15.9. The summed E-state index contributed by atoms with van der Waals surface area (Å²) in [5.74, 6) is 1.01. The number of hydrogen-bond acceptors (Lipinski definition) is 4.